The van der Waals surface area contributed by atoms with Crippen LogP contribution in [-0.4, -0.2) is 24.7 Å². The van der Waals surface area contributed by atoms with Gasteiger partial charge in [-0.2, -0.15) is 0 Å². The number of hydrogen-bond donors (Lipinski definition) is 1. The highest BCUT2D eigenvalue weighted by molar-refractivity contribution is 7.92. The predicted molar refractivity (Wildman–Crippen MR) is 91.8 cm³/mol. The second-order valence-corrected chi connectivity index (χ2v) is 8.41. The van der Waals surface area contributed by atoms with Crippen molar-refractivity contribution in [2.24, 2.45) is 5.92 Å². The molecule has 0 saturated heterocycles. The molecule has 0 bridgehead atoms. The van der Waals surface area contributed by atoms with E-state index in [1.165, 1.54) is 0 Å². The van der Waals surface area contributed by atoms with Crippen LogP contribution < -0.4 is 0 Å². The van der Waals surface area contributed by atoms with Crippen LogP contribution in [0, 0.1) is 12.8 Å². The molecule has 1 saturated carbocycles. The van der Waals surface area contributed by atoms with Crippen LogP contribution >= 0.6 is 0 Å². The molecule has 1 aliphatic carbocycles. The summed E-state index contributed by atoms with van der Waals surface area (Å²) in [5.41, 5.74) is 2.88. The zero-order chi connectivity index (χ0) is 17.5. The molecule has 0 aliphatic heterocycles. The van der Waals surface area contributed by atoms with Gasteiger partial charge in [0.25, 0.3) is 0 Å². The van der Waals surface area contributed by atoms with Crippen LogP contribution in [-0.2, 0) is 21.1 Å². The third kappa shape index (κ3) is 2.84. The zero-order valence-corrected chi connectivity index (χ0v) is 14.5. The summed E-state index contributed by atoms with van der Waals surface area (Å²) in [4.78, 5) is 11.7. The van der Waals surface area contributed by atoms with Crippen molar-refractivity contribution in [3.05, 3.63) is 65.2 Å². The minimum atomic E-state index is -3.67. The normalized spacial score (nSPS) is 23.0. The average molecular weight is 344 g/mol. The Balaban J connectivity index is 1.96. The Morgan fingerprint density at radius 1 is 1.04 bits per heavy atom. The van der Waals surface area contributed by atoms with E-state index in [4.69, 9.17) is 0 Å². The van der Waals surface area contributed by atoms with E-state index in [1.54, 1.807) is 24.3 Å². The van der Waals surface area contributed by atoms with Gasteiger partial charge in [0.1, 0.15) is 0 Å². The largest absolute Gasteiger partial charge is 0.481 e. The number of hydrogen-bond acceptors (Lipinski definition) is 3. The number of rotatable bonds is 5. The summed E-state index contributed by atoms with van der Waals surface area (Å²) in [6.45, 7) is 3.92. The molecule has 0 heterocycles. The molecule has 0 spiro atoms. The molecule has 3 rings (SSSR count). The number of carbonyl (C=O) groups is 1. The lowest BCUT2D eigenvalue weighted by Crippen LogP contribution is -2.13. The Morgan fingerprint density at radius 3 is 2.12 bits per heavy atom. The molecule has 4 nitrogen and oxygen atoms in total. The fourth-order valence-electron chi connectivity index (χ4n) is 3.22. The smallest absolute Gasteiger partial charge is 0.308 e. The zero-order valence-electron chi connectivity index (χ0n) is 13.6. The quantitative estimate of drug-likeness (QED) is 0.904. The minimum Gasteiger partial charge on any atom is -0.481 e. The number of aryl methyl sites for hydroxylation is 2. The van der Waals surface area contributed by atoms with Crippen LogP contribution in [0.3, 0.4) is 0 Å². The molecule has 24 heavy (non-hydrogen) atoms. The highest BCUT2D eigenvalue weighted by Crippen LogP contribution is 2.54. The monoisotopic (exact) mass is 344 g/mol. The summed E-state index contributed by atoms with van der Waals surface area (Å²) in [6.07, 6.45) is 0.887. The van der Waals surface area contributed by atoms with E-state index >= 15 is 0 Å². The summed E-state index contributed by atoms with van der Waals surface area (Å²) < 4.78 is 25.7. The molecule has 0 unspecified atom stereocenters. The summed E-state index contributed by atoms with van der Waals surface area (Å²) in [6, 6.07) is 14.1. The average Bonchev–Trinajstić information content (AvgIpc) is 3.32. The molecule has 1 aliphatic rings. The number of carboxylic acid groups (broad SMARTS) is 1. The van der Waals surface area contributed by atoms with Crippen molar-refractivity contribution in [1.82, 2.24) is 0 Å². The van der Waals surface area contributed by atoms with E-state index in [0.29, 0.717) is 0 Å². The first-order chi connectivity index (χ1) is 11.4. The van der Waals surface area contributed by atoms with Crippen molar-refractivity contribution in [2.75, 3.05) is 0 Å². The van der Waals surface area contributed by atoms with Gasteiger partial charge in [0.15, 0.2) is 9.84 Å². The van der Waals surface area contributed by atoms with E-state index in [9.17, 15) is 18.3 Å². The molecule has 3 atom stereocenters. The molecule has 2 aromatic carbocycles. The van der Waals surface area contributed by atoms with E-state index in [-0.39, 0.29) is 4.90 Å². The molecular weight excluding hydrogens is 324 g/mol. The first-order valence-corrected chi connectivity index (χ1v) is 9.53. The van der Waals surface area contributed by atoms with Gasteiger partial charge < -0.3 is 5.11 Å². The van der Waals surface area contributed by atoms with E-state index in [1.807, 2.05) is 38.1 Å². The summed E-state index contributed by atoms with van der Waals surface area (Å²) in [5, 5.41) is 8.55. The predicted octanol–water partition coefficient (Wildman–Crippen LogP) is 3.20. The second-order valence-electron chi connectivity index (χ2n) is 6.31. The molecule has 0 radical (unpaired) electrons. The summed E-state index contributed by atoms with van der Waals surface area (Å²) in [7, 11) is -3.67. The van der Waals surface area contributed by atoms with Gasteiger partial charge in [-0.25, -0.2) is 8.42 Å². The molecule has 1 fully saturated rings. The lowest BCUT2D eigenvalue weighted by atomic mass is 10.1. The maximum atomic E-state index is 12.9. The van der Waals surface area contributed by atoms with Crippen LogP contribution in [0.5, 0.6) is 0 Å². The lowest BCUT2D eigenvalue weighted by molar-refractivity contribution is -0.138. The van der Waals surface area contributed by atoms with Gasteiger partial charge in [-0.3, -0.25) is 4.79 Å². The standard InChI is InChI=1S/C19H20O4S/c1-3-13-6-8-14(9-7-13)16-17(19(20)21)18(16)24(22,23)15-10-4-12(2)5-11-15/h4-11,16-18H,3H2,1-2H3,(H,20,21)/t16-,17-,18-/m1/s1. The molecule has 0 amide bonds. The lowest BCUT2D eigenvalue weighted by Gasteiger charge is -2.05. The van der Waals surface area contributed by atoms with Gasteiger partial charge in [-0.1, -0.05) is 48.9 Å². The Labute approximate surface area is 142 Å². The fraction of sp³-hybridized carbons (Fsp3) is 0.316. The maximum absolute atomic E-state index is 12.9. The highest BCUT2D eigenvalue weighted by Gasteiger charge is 2.63. The summed E-state index contributed by atoms with van der Waals surface area (Å²) >= 11 is 0. The van der Waals surface area contributed by atoms with Gasteiger partial charge in [0.05, 0.1) is 16.1 Å². The van der Waals surface area contributed by atoms with Gasteiger partial charge in [0.2, 0.25) is 0 Å². The minimum absolute atomic E-state index is 0.192. The van der Waals surface area contributed by atoms with Crippen molar-refractivity contribution in [3.8, 4) is 0 Å². The topological polar surface area (TPSA) is 71.4 Å². The Hall–Kier alpha value is -2.14. The molecule has 2 aromatic rings. The molecular formula is C19H20O4S. The second kappa shape index (κ2) is 6.06. The van der Waals surface area contributed by atoms with Crippen LogP contribution in [0.2, 0.25) is 0 Å². The third-order valence-corrected chi connectivity index (χ3v) is 6.95. The van der Waals surface area contributed by atoms with E-state index < -0.39 is 32.9 Å². The molecule has 5 heteroatoms. The van der Waals surface area contributed by atoms with Crippen LogP contribution in [0.4, 0.5) is 0 Å². The maximum Gasteiger partial charge on any atom is 0.308 e. The van der Waals surface area contributed by atoms with Gasteiger partial charge >= 0.3 is 5.97 Å². The number of benzene rings is 2. The number of sulfone groups is 1. The van der Waals surface area contributed by atoms with Gasteiger partial charge in [-0.15, -0.1) is 0 Å². The molecule has 0 aromatic heterocycles. The fourth-order valence-corrected chi connectivity index (χ4v) is 5.34. The van der Waals surface area contributed by atoms with Crippen LogP contribution in [0.25, 0.3) is 0 Å². The highest BCUT2D eigenvalue weighted by atomic mass is 32.2. The van der Waals surface area contributed by atoms with Crippen molar-refractivity contribution in [1.29, 1.82) is 0 Å². The first-order valence-electron chi connectivity index (χ1n) is 7.98. The number of aliphatic carboxylic acids is 1. The SMILES string of the molecule is CCc1ccc([C@@H]2[C@@H](C(=O)O)[C@@H]2S(=O)(=O)c2ccc(C)cc2)cc1. The van der Waals surface area contributed by atoms with Crippen molar-refractivity contribution in [3.63, 3.8) is 0 Å². The first kappa shape index (κ1) is 16.7. The van der Waals surface area contributed by atoms with Gasteiger partial charge in [0, 0.05) is 5.92 Å². The van der Waals surface area contributed by atoms with Crippen LogP contribution in [0.1, 0.15) is 29.5 Å². The molecule has 126 valence electrons. The summed E-state index contributed by atoms with van der Waals surface area (Å²) in [5.74, 6) is -2.43. The van der Waals surface area contributed by atoms with Crippen molar-refractivity contribution < 1.29 is 18.3 Å². The van der Waals surface area contributed by atoms with E-state index in [0.717, 1.165) is 23.1 Å². The van der Waals surface area contributed by atoms with E-state index in [2.05, 4.69) is 0 Å². The number of carboxylic acids is 1. The van der Waals surface area contributed by atoms with Crippen molar-refractivity contribution in [2.45, 2.75) is 36.3 Å². The Morgan fingerprint density at radius 2 is 1.62 bits per heavy atom. The third-order valence-electron chi connectivity index (χ3n) is 4.72. The van der Waals surface area contributed by atoms with Gasteiger partial charge in [-0.05, 0) is 36.6 Å². The van der Waals surface area contributed by atoms with Crippen LogP contribution in [0.15, 0.2) is 53.4 Å². The molecule has 1 N–H and O–H groups in total. The Bertz CT molecular complexity index is 851. The van der Waals surface area contributed by atoms with Crippen molar-refractivity contribution >= 4 is 15.8 Å². The Kier molecular flexibility index (Phi) is 4.22.